The molecule has 3 heterocycles. The number of likely N-dealkylation sites (tertiary alicyclic amines) is 1. The van der Waals surface area contributed by atoms with Gasteiger partial charge in [-0.05, 0) is 6.42 Å². The van der Waals surface area contributed by atoms with Gasteiger partial charge in [0.15, 0.2) is 0 Å². The van der Waals surface area contributed by atoms with Gasteiger partial charge in [-0.3, -0.25) is 9.78 Å². The number of nitrogens with zero attached hydrogens (tertiary/aromatic N) is 6. The van der Waals surface area contributed by atoms with Crippen LogP contribution in [0.4, 0.5) is 0 Å². The molecular weight excluding hydrogens is 312 g/mol. The summed E-state index contributed by atoms with van der Waals surface area (Å²) in [5.41, 5.74) is 0.713. The SMILES string of the molecule is COCCC(=O)N1CCC(n2cc(COc3cnccn3)nn2)C1. The summed E-state index contributed by atoms with van der Waals surface area (Å²) in [7, 11) is 1.60. The zero-order valence-electron chi connectivity index (χ0n) is 13.5. The van der Waals surface area contributed by atoms with E-state index in [1.807, 2.05) is 11.1 Å². The van der Waals surface area contributed by atoms with Crippen LogP contribution in [0.1, 0.15) is 24.6 Å². The zero-order chi connectivity index (χ0) is 16.8. The largest absolute Gasteiger partial charge is 0.470 e. The molecular formula is C15H20N6O3. The number of ether oxygens (including phenoxy) is 2. The molecule has 0 bridgehead atoms. The van der Waals surface area contributed by atoms with E-state index >= 15 is 0 Å². The lowest BCUT2D eigenvalue weighted by atomic mass is 10.3. The van der Waals surface area contributed by atoms with Crippen LogP contribution in [0.3, 0.4) is 0 Å². The molecule has 0 spiro atoms. The van der Waals surface area contributed by atoms with Crippen LogP contribution < -0.4 is 4.74 Å². The first-order valence-electron chi connectivity index (χ1n) is 7.82. The van der Waals surface area contributed by atoms with Gasteiger partial charge in [0.2, 0.25) is 11.8 Å². The lowest BCUT2D eigenvalue weighted by Crippen LogP contribution is -2.29. The number of carbonyl (C=O) groups is 1. The summed E-state index contributed by atoms with van der Waals surface area (Å²) in [4.78, 5) is 21.8. The van der Waals surface area contributed by atoms with Gasteiger partial charge in [0, 0.05) is 32.6 Å². The average molecular weight is 332 g/mol. The molecule has 0 aliphatic carbocycles. The molecule has 1 aliphatic heterocycles. The first-order valence-corrected chi connectivity index (χ1v) is 7.82. The second-order valence-electron chi connectivity index (χ2n) is 5.55. The van der Waals surface area contributed by atoms with Crippen molar-refractivity contribution in [3.05, 3.63) is 30.5 Å². The third kappa shape index (κ3) is 4.05. The van der Waals surface area contributed by atoms with Crippen molar-refractivity contribution >= 4 is 5.91 Å². The van der Waals surface area contributed by atoms with E-state index in [1.165, 1.54) is 0 Å². The Hall–Kier alpha value is -2.55. The van der Waals surface area contributed by atoms with Crippen LogP contribution in [0.5, 0.6) is 5.88 Å². The van der Waals surface area contributed by atoms with E-state index in [0.717, 1.165) is 13.0 Å². The van der Waals surface area contributed by atoms with Crippen LogP contribution >= 0.6 is 0 Å². The minimum absolute atomic E-state index is 0.116. The van der Waals surface area contributed by atoms with Gasteiger partial charge in [0.1, 0.15) is 12.3 Å². The minimum atomic E-state index is 0.116. The second-order valence-corrected chi connectivity index (χ2v) is 5.55. The highest BCUT2D eigenvalue weighted by atomic mass is 16.5. The van der Waals surface area contributed by atoms with Gasteiger partial charge >= 0.3 is 0 Å². The first-order chi connectivity index (χ1) is 11.8. The van der Waals surface area contributed by atoms with E-state index in [1.54, 1.807) is 30.4 Å². The van der Waals surface area contributed by atoms with Crippen molar-refractivity contribution in [1.82, 2.24) is 29.9 Å². The molecule has 128 valence electrons. The molecule has 0 aromatic carbocycles. The Morgan fingerprint density at radius 2 is 2.33 bits per heavy atom. The topological polar surface area (TPSA) is 95.3 Å². The van der Waals surface area contributed by atoms with Crippen LogP contribution in [0, 0.1) is 0 Å². The zero-order valence-corrected chi connectivity index (χ0v) is 13.5. The number of rotatable bonds is 7. The maximum absolute atomic E-state index is 12.0. The Labute approximate surface area is 139 Å². The van der Waals surface area contributed by atoms with Crippen molar-refractivity contribution in [3.8, 4) is 5.88 Å². The van der Waals surface area contributed by atoms with Gasteiger partial charge in [-0.15, -0.1) is 5.10 Å². The monoisotopic (exact) mass is 332 g/mol. The molecule has 9 nitrogen and oxygen atoms in total. The van der Waals surface area contributed by atoms with Crippen LogP contribution in [-0.2, 0) is 16.1 Å². The van der Waals surface area contributed by atoms with Gasteiger partial charge < -0.3 is 14.4 Å². The standard InChI is InChI=1S/C15H20N6O3/c1-23-7-3-15(22)20-6-2-13(10-20)21-9-12(18-19-21)11-24-14-8-16-4-5-17-14/h4-5,8-9,13H,2-3,6-7,10-11H2,1H3. The Balaban J connectivity index is 1.51. The summed E-state index contributed by atoms with van der Waals surface area (Å²) in [6, 6.07) is 0.147. The molecule has 1 saturated heterocycles. The van der Waals surface area contributed by atoms with Crippen molar-refractivity contribution in [1.29, 1.82) is 0 Å². The molecule has 24 heavy (non-hydrogen) atoms. The fourth-order valence-corrected chi connectivity index (χ4v) is 2.60. The molecule has 0 saturated carbocycles. The summed E-state index contributed by atoms with van der Waals surface area (Å²) >= 11 is 0. The van der Waals surface area contributed by atoms with Crippen molar-refractivity contribution in [2.75, 3.05) is 26.8 Å². The number of aromatic nitrogens is 5. The molecule has 1 fully saturated rings. The smallest absolute Gasteiger partial charge is 0.232 e. The van der Waals surface area contributed by atoms with Crippen LogP contribution in [-0.4, -0.2) is 62.6 Å². The molecule has 1 unspecified atom stereocenters. The van der Waals surface area contributed by atoms with E-state index in [0.29, 0.717) is 31.1 Å². The summed E-state index contributed by atoms with van der Waals surface area (Å²) in [5, 5.41) is 8.27. The Kier molecular flexibility index (Phi) is 5.32. The van der Waals surface area contributed by atoms with Crippen molar-refractivity contribution in [2.24, 2.45) is 0 Å². The molecule has 2 aromatic rings. The van der Waals surface area contributed by atoms with Crippen LogP contribution in [0.15, 0.2) is 24.8 Å². The van der Waals surface area contributed by atoms with E-state index < -0.39 is 0 Å². The predicted molar refractivity (Wildman–Crippen MR) is 83.1 cm³/mol. The second kappa shape index (κ2) is 7.82. The summed E-state index contributed by atoms with van der Waals surface area (Å²) < 4.78 is 12.3. The third-order valence-electron chi connectivity index (χ3n) is 3.88. The fraction of sp³-hybridized carbons (Fsp3) is 0.533. The van der Waals surface area contributed by atoms with Crippen LogP contribution in [0.2, 0.25) is 0 Å². The summed E-state index contributed by atoms with van der Waals surface area (Å²) in [6.45, 7) is 2.12. The van der Waals surface area contributed by atoms with E-state index in [-0.39, 0.29) is 18.6 Å². The maximum Gasteiger partial charge on any atom is 0.232 e. The fourth-order valence-electron chi connectivity index (χ4n) is 2.60. The van der Waals surface area contributed by atoms with Crippen LogP contribution in [0.25, 0.3) is 0 Å². The predicted octanol–water partition coefficient (Wildman–Crippen LogP) is 0.457. The Bertz CT molecular complexity index is 662. The lowest BCUT2D eigenvalue weighted by Gasteiger charge is -2.16. The Morgan fingerprint density at radius 1 is 1.42 bits per heavy atom. The molecule has 2 aromatic heterocycles. The normalized spacial score (nSPS) is 17.2. The molecule has 1 aliphatic rings. The number of methoxy groups -OCH3 is 1. The van der Waals surface area contributed by atoms with Gasteiger partial charge in [-0.1, -0.05) is 5.21 Å². The van der Waals surface area contributed by atoms with Crippen molar-refractivity contribution < 1.29 is 14.3 Å². The lowest BCUT2D eigenvalue weighted by molar-refractivity contribution is -0.131. The van der Waals surface area contributed by atoms with Gasteiger partial charge in [0.25, 0.3) is 0 Å². The highest BCUT2D eigenvalue weighted by molar-refractivity contribution is 5.76. The Morgan fingerprint density at radius 3 is 3.12 bits per heavy atom. The van der Waals surface area contributed by atoms with Gasteiger partial charge in [-0.25, -0.2) is 9.67 Å². The summed E-state index contributed by atoms with van der Waals surface area (Å²) in [6.07, 6.45) is 7.84. The van der Waals surface area contributed by atoms with Crippen molar-refractivity contribution in [3.63, 3.8) is 0 Å². The molecule has 0 radical (unpaired) electrons. The summed E-state index contributed by atoms with van der Waals surface area (Å²) in [5.74, 6) is 0.563. The molecule has 1 amide bonds. The highest BCUT2D eigenvalue weighted by Gasteiger charge is 2.27. The third-order valence-corrected chi connectivity index (χ3v) is 3.88. The van der Waals surface area contributed by atoms with E-state index in [9.17, 15) is 4.79 Å². The number of hydrogen-bond donors (Lipinski definition) is 0. The first kappa shape index (κ1) is 16.3. The molecule has 3 rings (SSSR count). The molecule has 9 heteroatoms. The van der Waals surface area contributed by atoms with Crippen molar-refractivity contribution in [2.45, 2.75) is 25.5 Å². The maximum atomic E-state index is 12.0. The van der Waals surface area contributed by atoms with E-state index in [2.05, 4.69) is 20.3 Å². The van der Waals surface area contributed by atoms with Gasteiger partial charge in [0.05, 0.1) is 31.5 Å². The number of hydrogen-bond acceptors (Lipinski definition) is 7. The molecule has 1 atom stereocenters. The molecule has 0 N–H and O–H groups in total. The van der Waals surface area contributed by atoms with E-state index in [4.69, 9.17) is 9.47 Å². The minimum Gasteiger partial charge on any atom is -0.470 e. The number of carbonyl (C=O) groups excluding carboxylic acids is 1. The van der Waals surface area contributed by atoms with Gasteiger partial charge in [-0.2, -0.15) is 0 Å². The highest BCUT2D eigenvalue weighted by Crippen LogP contribution is 2.21. The number of amides is 1. The quantitative estimate of drug-likeness (QED) is 0.726. The average Bonchev–Trinajstić information content (AvgIpc) is 3.28.